The molecule has 1 aromatic carbocycles. The van der Waals surface area contributed by atoms with Crippen LogP contribution in [0.15, 0.2) is 29.2 Å². The van der Waals surface area contributed by atoms with E-state index in [4.69, 9.17) is 5.73 Å². The van der Waals surface area contributed by atoms with Crippen LogP contribution < -0.4 is 5.73 Å². The van der Waals surface area contributed by atoms with Gasteiger partial charge >= 0.3 is 0 Å². The lowest BCUT2D eigenvalue weighted by atomic mass is 10.1. The highest BCUT2D eigenvalue weighted by molar-refractivity contribution is 7.89. The summed E-state index contributed by atoms with van der Waals surface area (Å²) in [6, 6.07) is 6.38. The number of hydrogen-bond acceptors (Lipinski definition) is 4. The molecule has 2 unspecified atom stereocenters. The Morgan fingerprint density at radius 1 is 1.08 bits per heavy atom. The summed E-state index contributed by atoms with van der Waals surface area (Å²) in [5, 5.41) is 0. The van der Waals surface area contributed by atoms with Crippen molar-refractivity contribution in [3.63, 3.8) is 0 Å². The Morgan fingerprint density at radius 3 is 2.38 bits per heavy atom. The van der Waals surface area contributed by atoms with Crippen molar-refractivity contribution in [3.8, 4) is 0 Å². The molecule has 146 valence electrons. The van der Waals surface area contributed by atoms with Gasteiger partial charge in [-0.1, -0.05) is 6.42 Å². The van der Waals surface area contributed by atoms with E-state index in [0.717, 1.165) is 32.1 Å². The number of carbonyl (C=O) groups excluding carboxylic acids is 1. The summed E-state index contributed by atoms with van der Waals surface area (Å²) in [7, 11) is -3.50. The molecule has 1 amide bonds. The first-order valence-electron chi connectivity index (χ1n) is 9.06. The Hall–Kier alpha value is -1.15. The van der Waals surface area contributed by atoms with Gasteiger partial charge in [0.05, 0.1) is 4.90 Å². The molecule has 3 rings (SSSR count). The van der Waals surface area contributed by atoms with Crippen LogP contribution in [0.1, 0.15) is 49.4 Å². The summed E-state index contributed by atoms with van der Waals surface area (Å²) in [4.78, 5) is 14.6. The molecule has 0 bridgehead atoms. The maximum absolute atomic E-state index is 12.8. The van der Waals surface area contributed by atoms with E-state index in [0.29, 0.717) is 25.2 Å². The molecular weight excluding hydrogens is 374 g/mol. The first-order chi connectivity index (χ1) is 11.9. The van der Waals surface area contributed by atoms with Gasteiger partial charge in [-0.05, 0) is 56.9 Å². The minimum absolute atomic E-state index is 0. The maximum atomic E-state index is 12.8. The van der Waals surface area contributed by atoms with Gasteiger partial charge in [-0.3, -0.25) is 4.79 Å². The fraction of sp³-hybridized carbons (Fsp3) is 0.611. The second kappa shape index (κ2) is 8.69. The molecule has 2 saturated heterocycles. The van der Waals surface area contributed by atoms with Crippen LogP contribution in [-0.2, 0) is 10.0 Å². The average molecular weight is 402 g/mol. The number of nitrogens with zero attached hydrogens (tertiary/aromatic N) is 2. The van der Waals surface area contributed by atoms with E-state index in [-0.39, 0.29) is 35.3 Å². The van der Waals surface area contributed by atoms with Crippen molar-refractivity contribution in [3.05, 3.63) is 29.8 Å². The molecule has 2 aliphatic heterocycles. The van der Waals surface area contributed by atoms with Gasteiger partial charge in [0.1, 0.15) is 0 Å². The summed E-state index contributed by atoms with van der Waals surface area (Å²) in [5.41, 5.74) is 6.45. The number of benzene rings is 1. The largest absolute Gasteiger partial charge is 0.337 e. The van der Waals surface area contributed by atoms with Gasteiger partial charge in [0, 0.05) is 37.3 Å². The molecule has 2 N–H and O–H groups in total. The van der Waals surface area contributed by atoms with Gasteiger partial charge in [0.2, 0.25) is 10.0 Å². The number of amides is 1. The molecule has 2 heterocycles. The Balaban J connectivity index is 0.00000243. The van der Waals surface area contributed by atoms with Crippen molar-refractivity contribution in [1.29, 1.82) is 0 Å². The quantitative estimate of drug-likeness (QED) is 0.841. The van der Waals surface area contributed by atoms with Crippen molar-refractivity contribution in [1.82, 2.24) is 9.21 Å². The smallest absolute Gasteiger partial charge is 0.253 e. The third-order valence-corrected chi connectivity index (χ3v) is 7.22. The molecule has 1 aromatic rings. The predicted octanol–water partition coefficient (Wildman–Crippen LogP) is 2.23. The normalized spacial score (nSPS) is 24.8. The van der Waals surface area contributed by atoms with E-state index >= 15 is 0 Å². The Kier molecular flexibility index (Phi) is 7.07. The molecule has 8 heteroatoms. The van der Waals surface area contributed by atoms with Crippen LogP contribution in [0.2, 0.25) is 0 Å². The molecule has 6 nitrogen and oxygen atoms in total. The Labute approximate surface area is 162 Å². The minimum atomic E-state index is -3.50. The van der Waals surface area contributed by atoms with Crippen molar-refractivity contribution < 1.29 is 13.2 Å². The van der Waals surface area contributed by atoms with Crippen molar-refractivity contribution >= 4 is 28.3 Å². The SMILES string of the molecule is CC1CCCCN1S(=O)(=O)c1ccc(C(=O)N2CCCC(N)C2)cc1.Cl. The fourth-order valence-corrected chi connectivity index (χ4v) is 5.41. The highest BCUT2D eigenvalue weighted by Crippen LogP contribution is 2.25. The number of halogens is 1. The lowest BCUT2D eigenvalue weighted by Gasteiger charge is -2.32. The monoisotopic (exact) mass is 401 g/mol. The number of piperidine rings is 2. The number of nitrogens with two attached hydrogens (primary N) is 1. The second-order valence-corrected chi connectivity index (χ2v) is 9.03. The molecular formula is C18H28ClN3O3S. The second-order valence-electron chi connectivity index (χ2n) is 7.14. The van der Waals surface area contributed by atoms with Crippen molar-refractivity contribution in [2.75, 3.05) is 19.6 Å². The molecule has 0 aliphatic carbocycles. The van der Waals surface area contributed by atoms with E-state index in [1.54, 1.807) is 33.5 Å². The molecule has 0 radical (unpaired) electrons. The van der Waals surface area contributed by atoms with Gasteiger partial charge in [0.15, 0.2) is 0 Å². The molecule has 0 spiro atoms. The minimum Gasteiger partial charge on any atom is -0.337 e. The van der Waals surface area contributed by atoms with E-state index in [1.165, 1.54) is 0 Å². The van der Waals surface area contributed by atoms with Crippen LogP contribution in [0.3, 0.4) is 0 Å². The predicted molar refractivity (Wildman–Crippen MR) is 104 cm³/mol. The van der Waals surface area contributed by atoms with E-state index in [9.17, 15) is 13.2 Å². The topological polar surface area (TPSA) is 83.7 Å². The molecule has 0 saturated carbocycles. The van der Waals surface area contributed by atoms with Crippen molar-refractivity contribution in [2.45, 2.75) is 56.0 Å². The van der Waals surface area contributed by atoms with Gasteiger partial charge in [-0.25, -0.2) is 8.42 Å². The molecule has 2 fully saturated rings. The zero-order chi connectivity index (χ0) is 18.0. The lowest BCUT2D eigenvalue weighted by molar-refractivity contribution is 0.0708. The van der Waals surface area contributed by atoms with Crippen LogP contribution >= 0.6 is 12.4 Å². The van der Waals surface area contributed by atoms with Crippen LogP contribution in [0, 0.1) is 0 Å². The number of hydrogen-bond donors (Lipinski definition) is 1. The third kappa shape index (κ3) is 4.39. The zero-order valence-electron chi connectivity index (χ0n) is 15.1. The zero-order valence-corrected chi connectivity index (χ0v) is 16.8. The Bertz CT molecular complexity index is 724. The average Bonchev–Trinajstić information content (AvgIpc) is 2.61. The summed E-state index contributed by atoms with van der Waals surface area (Å²) in [6.07, 6.45) is 4.71. The Morgan fingerprint density at radius 2 is 1.77 bits per heavy atom. The van der Waals surface area contributed by atoms with Crippen LogP contribution in [0.4, 0.5) is 0 Å². The number of likely N-dealkylation sites (tertiary alicyclic amines) is 1. The summed E-state index contributed by atoms with van der Waals surface area (Å²) >= 11 is 0. The molecule has 0 aromatic heterocycles. The number of carbonyl (C=O) groups is 1. The van der Waals surface area contributed by atoms with Crippen LogP contribution in [0.25, 0.3) is 0 Å². The number of sulfonamides is 1. The van der Waals surface area contributed by atoms with Gasteiger partial charge in [0.25, 0.3) is 5.91 Å². The highest BCUT2D eigenvalue weighted by atomic mass is 35.5. The van der Waals surface area contributed by atoms with E-state index < -0.39 is 10.0 Å². The summed E-state index contributed by atoms with van der Waals surface area (Å²) in [5.74, 6) is -0.0783. The lowest BCUT2D eigenvalue weighted by Crippen LogP contribution is -2.45. The number of rotatable bonds is 3. The first-order valence-corrected chi connectivity index (χ1v) is 10.5. The van der Waals surface area contributed by atoms with Gasteiger partial charge in [-0.2, -0.15) is 4.31 Å². The van der Waals surface area contributed by atoms with E-state index in [2.05, 4.69) is 0 Å². The molecule has 2 aliphatic rings. The van der Waals surface area contributed by atoms with Gasteiger partial charge < -0.3 is 10.6 Å². The van der Waals surface area contributed by atoms with Crippen LogP contribution in [-0.4, -0.2) is 55.2 Å². The fourth-order valence-electron chi connectivity index (χ4n) is 3.71. The maximum Gasteiger partial charge on any atom is 0.253 e. The summed E-state index contributed by atoms with van der Waals surface area (Å²) in [6.45, 7) is 3.78. The third-order valence-electron chi connectivity index (χ3n) is 5.19. The van der Waals surface area contributed by atoms with E-state index in [1.807, 2.05) is 6.92 Å². The first kappa shape index (κ1) is 21.2. The van der Waals surface area contributed by atoms with Gasteiger partial charge in [-0.15, -0.1) is 12.4 Å². The molecule has 26 heavy (non-hydrogen) atoms. The summed E-state index contributed by atoms with van der Waals surface area (Å²) < 4.78 is 27.3. The molecule has 2 atom stereocenters. The van der Waals surface area contributed by atoms with Crippen LogP contribution in [0.5, 0.6) is 0 Å². The van der Waals surface area contributed by atoms with Crippen molar-refractivity contribution in [2.24, 2.45) is 5.73 Å². The highest BCUT2D eigenvalue weighted by Gasteiger charge is 2.31. The standard InChI is InChI=1S/C18H27N3O3S.ClH/c1-14-5-2-3-12-21(14)25(23,24)17-9-7-15(8-10-17)18(22)20-11-4-6-16(19)13-20;/h7-10,14,16H,2-6,11-13,19H2,1H3;1H.